The molecule has 0 bridgehead atoms. The highest BCUT2D eigenvalue weighted by molar-refractivity contribution is 5.85. The zero-order chi connectivity index (χ0) is 19.6. The second-order valence-corrected chi connectivity index (χ2v) is 5.61. The summed E-state index contributed by atoms with van der Waals surface area (Å²) in [5.74, 6) is 0.446. The SMILES string of the molecule is COc1cccc(CNCCNc2ccc([N+](=O)[O-])cc2)c1OCC(N)=O.Cl.Cl. The van der Waals surface area contributed by atoms with Crippen molar-refractivity contribution < 1.29 is 19.2 Å². The fourth-order valence-corrected chi connectivity index (χ4v) is 2.39. The number of para-hydroxylation sites is 1. The van der Waals surface area contributed by atoms with Crippen molar-refractivity contribution in [2.24, 2.45) is 5.73 Å². The Kier molecular flexibility index (Phi) is 12.2. The molecule has 0 radical (unpaired) electrons. The number of amides is 1. The van der Waals surface area contributed by atoms with Crippen LogP contribution in [0.15, 0.2) is 42.5 Å². The number of carbonyl (C=O) groups is 1. The number of primary amides is 1. The van der Waals surface area contributed by atoms with E-state index >= 15 is 0 Å². The van der Waals surface area contributed by atoms with Crippen LogP contribution in [0.1, 0.15) is 5.56 Å². The zero-order valence-corrected chi connectivity index (χ0v) is 17.4. The van der Waals surface area contributed by atoms with Crippen LogP contribution in [-0.2, 0) is 11.3 Å². The van der Waals surface area contributed by atoms with E-state index in [9.17, 15) is 14.9 Å². The molecule has 0 saturated carbocycles. The van der Waals surface area contributed by atoms with Crippen molar-refractivity contribution in [1.29, 1.82) is 0 Å². The van der Waals surface area contributed by atoms with Crippen molar-refractivity contribution in [3.05, 3.63) is 58.1 Å². The smallest absolute Gasteiger partial charge is 0.269 e. The Morgan fingerprint density at radius 3 is 2.41 bits per heavy atom. The highest BCUT2D eigenvalue weighted by Crippen LogP contribution is 2.30. The second-order valence-electron chi connectivity index (χ2n) is 5.61. The number of anilines is 1. The van der Waals surface area contributed by atoms with Crippen LogP contribution in [0.4, 0.5) is 11.4 Å². The lowest BCUT2D eigenvalue weighted by Gasteiger charge is -2.15. The maximum atomic E-state index is 11.0. The monoisotopic (exact) mass is 446 g/mol. The first-order chi connectivity index (χ1) is 13.0. The molecule has 0 spiro atoms. The van der Waals surface area contributed by atoms with Crippen LogP contribution in [-0.4, -0.2) is 37.6 Å². The lowest BCUT2D eigenvalue weighted by molar-refractivity contribution is -0.384. The average molecular weight is 447 g/mol. The number of carbonyl (C=O) groups excluding carboxylic acids is 1. The number of methoxy groups -OCH3 is 1. The number of nitrogens with one attached hydrogen (secondary N) is 2. The van der Waals surface area contributed by atoms with Crippen molar-refractivity contribution in [2.45, 2.75) is 6.54 Å². The molecule has 0 fully saturated rings. The molecule has 0 saturated heterocycles. The van der Waals surface area contributed by atoms with Gasteiger partial charge in [0, 0.05) is 43.0 Å². The molecule has 0 aliphatic carbocycles. The molecule has 2 aromatic carbocycles. The molecular formula is C18H24Cl2N4O5. The van der Waals surface area contributed by atoms with Gasteiger partial charge in [0.2, 0.25) is 0 Å². The Morgan fingerprint density at radius 2 is 1.83 bits per heavy atom. The van der Waals surface area contributed by atoms with Gasteiger partial charge in [-0.25, -0.2) is 0 Å². The van der Waals surface area contributed by atoms with Crippen LogP contribution in [0.25, 0.3) is 0 Å². The second kappa shape index (κ2) is 13.4. The minimum absolute atomic E-state index is 0. The summed E-state index contributed by atoms with van der Waals surface area (Å²) in [6.07, 6.45) is 0. The molecule has 0 atom stereocenters. The van der Waals surface area contributed by atoms with Gasteiger partial charge in [-0.05, 0) is 18.2 Å². The Bertz CT molecular complexity index is 790. The van der Waals surface area contributed by atoms with E-state index in [1.54, 1.807) is 18.2 Å². The molecule has 11 heteroatoms. The summed E-state index contributed by atoms with van der Waals surface area (Å²) in [4.78, 5) is 21.2. The summed E-state index contributed by atoms with van der Waals surface area (Å²) in [7, 11) is 1.53. The predicted molar refractivity (Wildman–Crippen MR) is 115 cm³/mol. The maximum Gasteiger partial charge on any atom is 0.269 e. The number of nitro groups is 1. The van der Waals surface area contributed by atoms with Gasteiger partial charge in [-0.1, -0.05) is 12.1 Å². The van der Waals surface area contributed by atoms with Crippen molar-refractivity contribution in [3.8, 4) is 11.5 Å². The van der Waals surface area contributed by atoms with E-state index < -0.39 is 10.8 Å². The summed E-state index contributed by atoms with van der Waals surface area (Å²) in [5.41, 5.74) is 6.83. The first-order valence-corrected chi connectivity index (χ1v) is 8.27. The molecule has 9 nitrogen and oxygen atoms in total. The lowest BCUT2D eigenvalue weighted by Crippen LogP contribution is -2.23. The van der Waals surface area contributed by atoms with Crippen molar-refractivity contribution in [3.63, 3.8) is 0 Å². The summed E-state index contributed by atoms with van der Waals surface area (Å²) >= 11 is 0. The van der Waals surface area contributed by atoms with E-state index in [0.717, 1.165) is 11.3 Å². The van der Waals surface area contributed by atoms with Crippen LogP contribution in [0, 0.1) is 10.1 Å². The number of hydrogen-bond acceptors (Lipinski definition) is 7. The fourth-order valence-electron chi connectivity index (χ4n) is 2.39. The summed E-state index contributed by atoms with van der Waals surface area (Å²) in [6, 6.07) is 11.7. The Labute approximate surface area is 180 Å². The molecule has 2 rings (SSSR count). The van der Waals surface area contributed by atoms with Crippen molar-refractivity contribution >= 4 is 42.1 Å². The minimum Gasteiger partial charge on any atom is -0.493 e. The Morgan fingerprint density at radius 1 is 1.14 bits per heavy atom. The molecule has 0 aromatic heterocycles. The average Bonchev–Trinajstić information content (AvgIpc) is 2.66. The van der Waals surface area contributed by atoms with Gasteiger partial charge in [0.15, 0.2) is 18.1 Å². The van der Waals surface area contributed by atoms with Gasteiger partial charge in [0.1, 0.15) is 0 Å². The highest BCUT2D eigenvalue weighted by Gasteiger charge is 2.11. The van der Waals surface area contributed by atoms with Gasteiger partial charge < -0.3 is 25.8 Å². The van der Waals surface area contributed by atoms with Gasteiger partial charge in [0.25, 0.3) is 11.6 Å². The third-order valence-electron chi connectivity index (χ3n) is 3.66. The summed E-state index contributed by atoms with van der Waals surface area (Å²) in [6.45, 7) is 1.55. The largest absolute Gasteiger partial charge is 0.493 e. The normalized spacial score (nSPS) is 9.55. The Hall–Kier alpha value is -2.75. The molecule has 29 heavy (non-hydrogen) atoms. The molecular weight excluding hydrogens is 423 g/mol. The first kappa shape index (κ1) is 26.2. The topological polar surface area (TPSA) is 129 Å². The maximum absolute atomic E-state index is 11.0. The molecule has 0 aliphatic heterocycles. The van der Waals surface area contributed by atoms with Gasteiger partial charge >= 0.3 is 0 Å². The minimum atomic E-state index is -0.563. The number of nitro benzene ring substituents is 1. The first-order valence-electron chi connectivity index (χ1n) is 8.27. The standard InChI is InChI=1S/C18H22N4O5.2ClH/c1-26-16-4-2-3-13(18(16)27-12-17(19)23)11-20-9-10-21-14-5-7-15(8-6-14)22(24)25;;/h2-8,20-21H,9-12H2,1H3,(H2,19,23);2*1H. The number of halogens is 2. The lowest BCUT2D eigenvalue weighted by atomic mass is 10.2. The van der Waals surface area contributed by atoms with Crippen molar-refractivity contribution in [1.82, 2.24) is 5.32 Å². The van der Waals surface area contributed by atoms with Gasteiger partial charge in [0.05, 0.1) is 12.0 Å². The zero-order valence-electron chi connectivity index (χ0n) is 15.8. The highest BCUT2D eigenvalue weighted by atomic mass is 35.5. The van der Waals surface area contributed by atoms with E-state index in [1.165, 1.54) is 19.2 Å². The van der Waals surface area contributed by atoms with Crippen LogP contribution in [0.3, 0.4) is 0 Å². The summed E-state index contributed by atoms with van der Waals surface area (Å²) < 4.78 is 10.7. The molecule has 4 N–H and O–H groups in total. The van der Waals surface area contributed by atoms with Gasteiger partial charge in [-0.2, -0.15) is 0 Å². The molecule has 2 aromatic rings. The number of hydrogen-bond donors (Lipinski definition) is 3. The van der Waals surface area contributed by atoms with E-state index in [1.807, 2.05) is 12.1 Å². The number of benzene rings is 2. The van der Waals surface area contributed by atoms with E-state index in [0.29, 0.717) is 31.1 Å². The van der Waals surface area contributed by atoms with Gasteiger partial charge in [-0.15, -0.1) is 24.8 Å². The van der Waals surface area contributed by atoms with Gasteiger partial charge in [-0.3, -0.25) is 14.9 Å². The molecule has 0 unspecified atom stereocenters. The van der Waals surface area contributed by atoms with E-state index in [-0.39, 0.29) is 37.1 Å². The third kappa shape index (κ3) is 8.43. The third-order valence-corrected chi connectivity index (χ3v) is 3.66. The number of nitrogens with two attached hydrogens (primary N) is 1. The van der Waals surface area contributed by atoms with E-state index in [2.05, 4.69) is 10.6 Å². The van der Waals surface area contributed by atoms with Crippen LogP contribution in [0.5, 0.6) is 11.5 Å². The number of nitrogens with zero attached hydrogens (tertiary/aromatic N) is 1. The van der Waals surface area contributed by atoms with Crippen LogP contribution < -0.4 is 25.8 Å². The molecule has 0 aliphatic rings. The van der Waals surface area contributed by atoms with Crippen LogP contribution >= 0.6 is 24.8 Å². The molecule has 160 valence electrons. The number of ether oxygens (including phenoxy) is 2. The number of rotatable bonds is 11. The van der Waals surface area contributed by atoms with Crippen LogP contribution in [0.2, 0.25) is 0 Å². The summed E-state index contributed by atoms with van der Waals surface area (Å²) in [5, 5.41) is 17.1. The molecule has 1 amide bonds. The molecule has 0 heterocycles. The quantitative estimate of drug-likeness (QED) is 0.274. The predicted octanol–water partition coefficient (Wildman–Crippen LogP) is 2.51. The van der Waals surface area contributed by atoms with E-state index in [4.69, 9.17) is 15.2 Å². The van der Waals surface area contributed by atoms with Crippen molar-refractivity contribution in [2.75, 3.05) is 32.1 Å². The fraction of sp³-hybridized carbons (Fsp3) is 0.278. The Balaban J connectivity index is 0.00000392. The number of non-ortho nitro benzene ring substituents is 1.